The molecule has 6 nitrogen and oxygen atoms in total. The molecule has 0 saturated heterocycles. The number of carbonyl (C=O) groups is 1. The van der Waals surface area contributed by atoms with Crippen LogP contribution in [0, 0.1) is 11.8 Å². The standard InChI is InChI=1S/C27H37ClN2O4/c1-7-19(11-9-17(3)28)25-23(29-22(13-14-24(31)32)21(8-2)30-25)16-18-10-12-20(15-18)26(33)34-27(4,5)6/h7-9,11,13,18,20,24,31-32H,1,10,12,14-16H2,2-6H3/b17-9+,19-11+,21-8+,22-13+. The Morgan fingerprint density at radius 3 is 2.50 bits per heavy atom. The van der Waals surface area contributed by atoms with Crippen molar-refractivity contribution < 1.29 is 19.7 Å². The molecule has 0 radical (unpaired) electrons. The molecule has 34 heavy (non-hydrogen) atoms. The van der Waals surface area contributed by atoms with Crippen LogP contribution in [0.15, 0.2) is 29.8 Å². The molecule has 1 aromatic heterocycles. The number of aliphatic hydroxyl groups is 2. The van der Waals surface area contributed by atoms with Crippen LogP contribution in [-0.4, -0.2) is 38.0 Å². The molecule has 7 heteroatoms. The number of halogens is 1. The number of hydrogen-bond acceptors (Lipinski definition) is 6. The molecule has 1 heterocycles. The van der Waals surface area contributed by atoms with Crippen LogP contribution >= 0.6 is 11.6 Å². The van der Waals surface area contributed by atoms with E-state index in [0.717, 1.165) is 30.5 Å². The molecule has 2 rings (SSSR count). The van der Waals surface area contributed by atoms with Crippen LogP contribution in [0.5, 0.6) is 0 Å². The molecular formula is C27H37ClN2O4. The van der Waals surface area contributed by atoms with Gasteiger partial charge in [-0.2, -0.15) is 0 Å². The Bertz CT molecular complexity index is 1060. The monoisotopic (exact) mass is 488 g/mol. The third kappa shape index (κ3) is 8.49. The summed E-state index contributed by atoms with van der Waals surface area (Å²) in [5.74, 6) is 0.00275. The van der Waals surface area contributed by atoms with Gasteiger partial charge in [-0.25, -0.2) is 9.97 Å². The zero-order valence-corrected chi connectivity index (χ0v) is 21.6. The van der Waals surface area contributed by atoms with Crippen molar-refractivity contribution in [3.63, 3.8) is 0 Å². The predicted octanol–water partition coefficient (Wildman–Crippen LogP) is 3.77. The molecule has 186 valence electrons. The highest BCUT2D eigenvalue weighted by atomic mass is 35.5. The third-order valence-corrected chi connectivity index (χ3v) is 5.69. The molecule has 0 amide bonds. The summed E-state index contributed by atoms with van der Waals surface area (Å²) in [5, 5.41) is 20.5. The van der Waals surface area contributed by atoms with Gasteiger partial charge in [0.2, 0.25) is 0 Å². The van der Waals surface area contributed by atoms with Crippen LogP contribution in [0.3, 0.4) is 0 Å². The van der Waals surface area contributed by atoms with E-state index in [1.165, 1.54) is 0 Å². The van der Waals surface area contributed by atoms with E-state index in [4.69, 9.17) is 26.3 Å². The van der Waals surface area contributed by atoms with Gasteiger partial charge in [0.25, 0.3) is 0 Å². The highest BCUT2D eigenvalue weighted by Crippen LogP contribution is 2.35. The molecule has 2 unspecified atom stereocenters. The second kappa shape index (κ2) is 12.4. The van der Waals surface area contributed by atoms with Crippen molar-refractivity contribution in [2.24, 2.45) is 11.8 Å². The van der Waals surface area contributed by atoms with Crippen molar-refractivity contribution in [1.29, 1.82) is 0 Å². The van der Waals surface area contributed by atoms with E-state index in [1.807, 2.05) is 39.8 Å². The Balaban J connectivity index is 2.46. The number of aliphatic hydroxyl groups excluding tert-OH is 1. The normalized spacial score (nSPS) is 20.9. The molecular weight excluding hydrogens is 452 g/mol. The first-order chi connectivity index (χ1) is 15.9. The Hall–Kier alpha value is -2.28. The zero-order valence-electron chi connectivity index (χ0n) is 20.8. The average molecular weight is 489 g/mol. The smallest absolute Gasteiger partial charge is 0.309 e. The van der Waals surface area contributed by atoms with Crippen LogP contribution < -0.4 is 10.7 Å². The van der Waals surface area contributed by atoms with E-state index in [-0.39, 0.29) is 24.2 Å². The lowest BCUT2D eigenvalue weighted by molar-refractivity contribution is -0.159. The minimum atomic E-state index is -1.46. The van der Waals surface area contributed by atoms with Crippen LogP contribution in [0.2, 0.25) is 0 Å². The van der Waals surface area contributed by atoms with Crippen LogP contribution in [0.4, 0.5) is 0 Å². The lowest BCUT2D eigenvalue weighted by Crippen LogP contribution is -2.35. The van der Waals surface area contributed by atoms with Gasteiger partial charge in [-0.05, 0) is 72.3 Å². The van der Waals surface area contributed by atoms with Gasteiger partial charge in [-0.1, -0.05) is 42.5 Å². The largest absolute Gasteiger partial charge is 0.460 e. The fourth-order valence-corrected chi connectivity index (χ4v) is 4.10. The first-order valence-corrected chi connectivity index (χ1v) is 12.1. The molecule has 1 aromatic rings. The Morgan fingerprint density at radius 2 is 1.94 bits per heavy atom. The summed E-state index contributed by atoms with van der Waals surface area (Å²) in [7, 11) is 0. The number of ether oxygens (including phenoxy) is 1. The average Bonchev–Trinajstić information content (AvgIpc) is 3.20. The number of nitrogens with zero attached hydrogens (tertiary/aromatic N) is 2. The number of hydrogen-bond donors (Lipinski definition) is 2. The molecule has 0 bridgehead atoms. The van der Waals surface area contributed by atoms with Gasteiger partial charge in [0.15, 0.2) is 6.29 Å². The van der Waals surface area contributed by atoms with E-state index in [2.05, 4.69) is 6.58 Å². The topological polar surface area (TPSA) is 92.5 Å². The molecule has 0 spiro atoms. The molecule has 1 aliphatic carbocycles. The van der Waals surface area contributed by atoms with Gasteiger partial charge in [0, 0.05) is 17.0 Å². The molecule has 2 N–H and O–H groups in total. The Labute approximate surface area is 207 Å². The number of carbonyl (C=O) groups excluding carboxylic acids is 1. The van der Waals surface area contributed by atoms with Gasteiger partial charge >= 0.3 is 5.97 Å². The summed E-state index contributed by atoms with van der Waals surface area (Å²) in [6.07, 6.45) is 10.6. The highest BCUT2D eigenvalue weighted by Gasteiger charge is 2.33. The maximum absolute atomic E-state index is 12.6. The van der Waals surface area contributed by atoms with E-state index in [9.17, 15) is 15.0 Å². The van der Waals surface area contributed by atoms with Gasteiger partial charge in [-0.15, -0.1) is 0 Å². The van der Waals surface area contributed by atoms with Gasteiger partial charge in [0.05, 0.1) is 28.0 Å². The fraction of sp³-hybridized carbons (Fsp3) is 0.519. The quantitative estimate of drug-likeness (QED) is 0.329. The van der Waals surface area contributed by atoms with Crippen molar-refractivity contribution in [3.05, 3.63) is 51.9 Å². The molecule has 2 atom stereocenters. The highest BCUT2D eigenvalue weighted by molar-refractivity contribution is 6.29. The fourth-order valence-electron chi connectivity index (χ4n) is 4.03. The minimum Gasteiger partial charge on any atom is -0.460 e. The summed E-state index contributed by atoms with van der Waals surface area (Å²) in [4.78, 5) is 22.3. The van der Waals surface area contributed by atoms with Crippen molar-refractivity contribution in [2.75, 3.05) is 0 Å². The summed E-state index contributed by atoms with van der Waals surface area (Å²) in [6.45, 7) is 13.2. The lowest BCUT2D eigenvalue weighted by atomic mass is 9.96. The number of allylic oxidation sites excluding steroid dienone is 5. The second-order valence-corrected chi connectivity index (χ2v) is 10.3. The molecule has 1 aliphatic rings. The van der Waals surface area contributed by atoms with E-state index in [1.54, 1.807) is 25.2 Å². The van der Waals surface area contributed by atoms with Gasteiger partial charge < -0.3 is 14.9 Å². The summed E-state index contributed by atoms with van der Waals surface area (Å²) < 4.78 is 5.59. The first-order valence-electron chi connectivity index (χ1n) is 11.7. The molecule has 0 aromatic carbocycles. The number of esters is 1. The predicted molar refractivity (Wildman–Crippen MR) is 137 cm³/mol. The Kier molecular flexibility index (Phi) is 10.2. The van der Waals surface area contributed by atoms with E-state index in [0.29, 0.717) is 27.8 Å². The summed E-state index contributed by atoms with van der Waals surface area (Å²) in [6, 6.07) is 0. The van der Waals surface area contributed by atoms with Crippen molar-refractivity contribution >= 4 is 35.3 Å². The van der Waals surface area contributed by atoms with E-state index >= 15 is 0 Å². The van der Waals surface area contributed by atoms with Crippen molar-refractivity contribution in [3.8, 4) is 0 Å². The van der Waals surface area contributed by atoms with Crippen molar-refractivity contribution in [2.45, 2.75) is 78.6 Å². The SMILES string of the molecule is C=C/C(=C\C=C(/C)Cl)c1nc(=C/C)/c(=C\CC(O)O)nc1CC1CCC(C(=O)OC(C)(C)C)C1. The number of rotatable bonds is 8. The second-order valence-electron chi connectivity index (χ2n) is 9.69. The summed E-state index contributed by atoms with van der Waals surface area (Å²) >= 11 is 6.03. The zero-order chi connectivity index (χ0) is 25.5. The minimum absolute atomic E-state index is 0.0524. The van der Waals surface area contributed by atoms with Gasteiger partial charge in [0.1, 0.15) is 5.60 Å². The Morgan fingerprint density at radius 1 is 1.24 bits per heavy atom. The molecule has 1 saturated carbocycles. The molecule has 0 aliphatic heterocycles. The van der Waals surface area contributed by atoms with E-state index < -0.39 is 11.9 Å². The van der Waals surface area contributed by atoms with Crippen LogP contribution in [0.25, 0.3) is 17.7 Å². The third-order valence-electron chi connectivity index (χ3n) is 5.57. The van der Waals surface area contributed by atoms with Crippen LogP contribution in [-0.2, 0) is 16.0 Å². The molecule has 1 fully saturated rings. The van der Waals surface area contributed by atoms with Gasteiger partial charge in [-0.3, -0.25) is 4.79 Å². The summed E-state index contributed by atoms with van der Waals surface area (Å²) in [5.41, 5.74) is 1.78. The first kappa shape index (κ1) is 28.0. The maximum atomic E-state index is 12.6. The lowest BCUT2D eigenvalue weighted by Gasteiger charge is -2.22. The van der Waals surface area contributed by atoms with Crippen molar-refractivity contribution in [1.82, 2.24) is 9.97 Å². The van der Waals surface area contributed by atoms with Crippen LogP contribution in [0.1, 0.15) is 71.7 Å². The number of aromatic nitrogens is 2. The maximum Gasteiger partial charge on any atom is 0.309 e.